The van der Waals surface area contributed by atoms with Crippen LogP contribution in [0.15, 0.2) is 42.5 Å². The second-order valence-corrected chi connectivity index (χ2v) is 5.32. The largest absolute Gasteiger partial charge is 0.497 e. The van der Waals surface area contributed by atoms with Gasteiger partial charge in [0.15, 0.2) is 0 Å². The van der Waals surface area contributed by atoms with Gasteiger partial charge in [0.05, 0.1) is 7.11 Å². The Kier molecular flexibility index (Phi) is 5.17. The maximum atomic E-state index is 5.76. The SMILES string of the molecule is COc1ccc(C(N)=S)c(NCCc2ccccc2C)c1. The van der Waals surface area contributed by atoms with Crippen LogP contribution in [-0.2, 0) is 6.42 Å². The summed E-state index contributed by atoms with van der Waals surface area (Å²) in [5, 5.41) is 3.40. The van der Waals surface area contributed by atoms with Gasteiger partial charge in [-0.2, -0.15) is 0 Å². The molecule has 0 bridgehead atoms. The van der Waals surface area contributed by atoms with Gasteiger partial charge in [0.2, 0.25) is 0 Å². The highest BCUT2D eigenvalue weighted by Crippen LogP contribution is 2.22. The Morgan fingerprint density at radius 3 is 2.67 bits per heavy atom. The minimum Gasteiger partial charge on any atom is -0.497 e. The number of benzene rings is 2. The van der Waals surface area contributed by atoms with E-state index in [-0.39, 0.29) is 0 Å². The van der Waals surface area contributed by atoms with Gasteiger partial charge in [-0.15, -0.1) is 0 Å². The fourth-order valence-corrected chi connectivity index (χ4v) is 2.41. The molecule has 0 unspecified atom stereocenters. The van der Waals surface area contributed by atoms with Crippen LogP contribution in [0.25, 0.3) is 0 Å². The molecule has 0 spiro atoms. The molecule has 0 aliphatic rings. The molecule has 0 saturated heterocycles. The molecule has 2 aromatic rings. The Morgan fingerprint density at radius 2 is 2.00 bits per heavy atom. The molecular formula is C17H20N2OS. The quantitative estimate of drug-likeness (QED) is 0.804. The first-order valence-corrected chi connectivity index (χ1v) is 7.29. The second kappa shape index (κ2) is 7.09. The summed E-state index contributed by atoms with van der Waals surface area (Å²) >= 11 is 5.09. The molecule has 0 heterocycles. The van der Waals surface area contributed by atoms with Crippen molar-refractivity contribution < 1.29 is 4.74 Å². The van der Waals surface area contributed by atoms with Crippen molar-refractivity contribution >= 4 is 22.9 Å². The van der Waals surface area contributed by atoms with Crippen LogP contribution in [0, 0.1) is 6.92 Å². The average molecular weight is 300 g/mol. The number of ether oxygens (including phenoxy) is 1. The van der Waals surface area contributed by atoms with E-state index in [1.165, 1.54) is 11.1 Å². The summed E-state index contributed by atoms with van der Waals surface area (Å²) in [5.41, 5.74) is 10.2. The van der Waals surface area contributed by atoms with E-state index < -0.39 is 0 Å². The van der Waals surface area contributed by atoms with E-state index in [9.17, 15) is 0 Å². The zero-order valence-corrected chi connectivity index (χ0v) is 13.2. The average Bonchev–Trinajstić information content (AvgIpc) is 2.48. The molecule has 4 heteroatoms. The summed E-state index contributed by atoms with van der Waals surface area (Å²) in [7, 11) is 1.65. The van der Waals surface area contributed by atoms with Crippen molar-refractivity contribution in [2.45, 2.75) is 13.3 Å². The van der Waals surface area contributed by atoms with Gasteiger partial charge in [-0.05, 0) is 36.6 Å². The number of nitrogens with two attached hydrogens (primary N) is 1. The molecule has 3 nitrogen and oxygen atoms in total. The van der Waals surface area contributed by atoms with Crippen molar-refractivity contribution in [3.8, 4) is 5.75 Å². The number of thiocarbonyl (C=S) groups is 1. The van der Waals surface area contributed by atoms with Crippen molar-refractivity contribution in [2.75, 3.05) is 19.0 Å². The molecule has 0 atom stereocenters. The third-order valence-electron chi connectivity index (χ3n) is 3.46. The lowest BCUT2D eigenvalue weighted by Gasteiger charge is -2.13. The molecule has 2 rings (SSSR count). The van der Waals surface area contributed by atoms with Crippen LogP contribution in [0.4, 0.5) is 5.69 Å². The van der Waals surface area contributed by atoms with E-state index in [0.29, 0.717) is 4.99 Å². The molecule has 0 amide bonds. The third-order valence-corrected chi connectivity index (χ3v) is 3.68. The van der Waals surface area contributed by atoms with Crippen LogP contribution in [0.5, 0.6) is 5.75 Å². The number of rotatable bonds is 6. The molecule has 21 heavy (non-hydrogen) atoms. The van der Waals surface area contributed by atoms with Gasteiger partial charge >= 0.3 is 0 Å². The third kappa shape index (κ3) is 3.95. The van der Waals surface area contributed by atoms with Crippen LogP contribution >= 0.6 is 12.2 Å². The van der Waals surface area contributed by atoms with Crippen LogP contribution in [-0.4, -0.2) is 18.6 Å². The highest BCUT2D eigenvalue weighted by Gasteiger charge is 2.07. The lowest BCUT2D eigenvalue weighted by molar-refractivity contribution is 0.415. The Balaban J connectivity index is 2.08. The molecule has 0 saturated carbocycles. The van der Waals surface area contributed by atoms with Gasteiger partial charge < -0.3 is 15.8 Å². The fourth-order valence-electron chi connectivity index (χ4n) is 2.23. The standard InChI is InChI=1S/C17H20N2OS/c1-12-5-3-4-6-13(12)9-10-19-16-11-14(20-2)7-8-15(16)17(18)21/h3-8,11,19H,9-10H2,1-2H3,(H2,18,21). The monoisotopic (exact) mass is 300 g/mol. The maximum absolute atomic E-state index is 5.76. The van der Waals surface area contributed by atoms with E-state index in [4.69, 9.17) is 22.7 Å². The van der Waals surface area contributed by atoms with E-state index in [1.807, 2.05) is 18.2 Å². The number of hydrogen-bond donors (Lipinski definition) is 2. The van der Waals surface area contributed by atoms with Gasteiger partial charge in [-0.1, -0.05) is 36.5 Å². The fraction of sp³-hybridized carbons (Fsp3) is 0.235. The zero-order valence-electron chi connectivity index (χ0n) is 12.3. The summed E-state index contributed by atoms with van der Waals surface area (Å²) in [5.74, 6) is 0.786. The van der Waals surface area contributed by atoms with Crippen molar-refractivity contribution in [3.05, 3.63) is 59.2 Å². The molecule has 0 fully saturated rings. The lowest BCUT2D eigenvalue weighted by Crippen LogP contribution is -2.14. The molecule has 110 valence electrons. The van der Waals surface area contributed by atoms with Gasteiger partial charge in [0.25, 0.3) is 0 Å². The lowest BCUT2D eigenvalue weighted by atomic mass is 10.1. The normalized spacial score (nSPS) is 10.2. The van der Waals surface area contributed by atoms with Crippen molar-refractivity contribution in [1.29, 1.82) is 0 Å². The van der Waals surface area contributed by atoms with Gasteiger partial charge in [0, 0.05) is 23.9 Å². The minimum atomic E-state index is 0.385. The van der Waals surface area contributed by atoms with E-state index >= 15 is 0 Å². The highest BCUT2D eigenvalue weighted by atomic mass is 32.1. The number of hydrogen-bond acceptors (Lipinski definition) is 3. The summed E-state index contributed by atoms with van der Waals surface area (Å²) < 4.78 is 5.25. The Hall–Kier alpha value is -2.07. The van der Waals surface area contributed by atoms with E-state index in [2.05, 4.69) is 36.5 Å². The Morgan fingerprint density at radius 1 is 1.24 bits per heavy atom. The van der Waals surface area contributed by atoms with Crippen molar-refractivity contribution in [1.82, 2.24) is 0 Å². The summed E-state index contributed by atoms with van der Waals surface area (Å²) in [4.78, 5) is 0.385. The van der Waals surface area contributed by atoms with Crippen LogP contribution < -0.4 is 15.8 Å². The predicted octanol–water partition coefficient (Wildman–Crippen LogP) is 3.29. The second-order valence-electron chi connectivity index (χ2n) is 4.88. The number of anilines is 1. The van der Waals surface area contributed by atoms with Crippen molar-refractivity contribution in [2.24, 2.45) is 5.73 Å². The topological polar surface area (TPSA) is 47.3 Å². The Labute approximate surface area is 131 Å². The van der Waals surface area contributed by atoms with Crippen LogP contribution in [0.2, 0.25) is 0 Å². The molecular weight excluding hydrogens is 280 g/mol. The maximum Gasteiger partial charge on any atom is 0.120 e. The summed E-state index contributed by atoms with van der Waals surface area (Å²) in [6, 6.07) is 14.1. The predicted molar refractivity (Wildman–Crippen MR) is 92.3 cm³/mol. The number of nitrogens with one attached hydrogen (secondary N) is 1. The van der Waals surface area contributed by atoms with Gasteiger partial charge in [-0.3, -0.25) is 0 Å². The number of methoxy groups -OCH3 is 1. The molecule has 0 aliphatic carbocycles. The Bertz CT molecular complexity index is 640. The smallest absolute Gasteiger partial charge is 0.120 e. The van der Waals surface area contributed by atoms with Crippen molar-refractivity contribution in [3.63, 3.8) is 0 Å². The van der Waals surface area contributed by atoms with Crippen LogP contribution in [0.1, 0.15) is 16.7 Å². The number of aryl methyl sites for hydroxylation is 1. The molecule has 2 aromatic carbocycles. The molecule has 0 aromatic heterocycles. The highest BCUT2D eigenvalue weighted by molar-refractivity contribution is 7.80. The van der Waals surface area contributed by atoms with Crippen LogP contribution in [0.3, 0.4) is 0 Å². The van der Waals surface area contributed by atoms with E-state index in [1.54, 1.807) is 7.11 Å². The van der Waals surface area contributed by atoms with E-state index in [0.717, 1.165) is 30.0 Å². The molecule has 0 radical (unpaired) electrons. The summed E-state index contributed by atoms with van der Waals surface area (Å²) in [6.07, 6.45) is 0.945. The minimum absolute atomic E-state index is 0.385. The van der Waals surface area contributed by atoms with Gasteiger partial charge in [-0.25, -0.2) is 0 Å². The van der Waals surface area contributed by atoms with Gasteiger partial charge in [0.1, 0.15) is 10.7 Å². The first-order chi connectivity index (χ1) is 10.1. The molecule has 3 N–H and O–H groups in total. The first kappa shape index (κ1) is 15.3. The zero-order chi connectivity index (χ0) is 15.2. The first-order valence-electron chi connectivity index (χ1n) is 6.88. The molecule has 0 aliphatic heterocycles. The summed E-state index contributed by atoms with van der Waals surface area (Å²) in [6.45, 7) is 2.94.